The highest BCUT2D eigenvalue weighted by molar-refractivity contribution is 9.10. The number of likely N-dealkylation sites (N-methyl/N-ethyl adjacent to an activating group) is 1. The lowest BCUT2D eigenvalue weighted by Crippen LogP contribution is -2.56. The van der Waals surface area contributed by atoms with Crippen LogP contribution in [0.4, 0.5) is 0 Å². The molecule has 0 spiro atoms. The molecule has 0 aliphatic carbocycles. The number of aromatic amines is 1. The first-order valence-corrected chi connectivity index (χ1v) is 8.58. The van der Waals surface area contributed by atoms with Crippen LogP contribution in [0.5, 0.6) is 0 Å². The minimum Gasteiger partial charge on any atom is -0.334 e. The molecule has 1 fully saturated rings. The summed E-state index contributed by atoms with van der Waals surface area (Å²) in [6.07, 6.45) is 0. The molecular formula is C17H21BrN4O. The van der Waals surface area contributed by atoms with Crippen molar-refractivity contribution >= 4 is 21.8 Å². The first kappa shape index (κ1) is 16.2. The number of amides is 1. The summed E-state index contributed by atoms with van der Waals surface area (Å²) in [6.45, 7) is 5.75. The van der Waals surface area contributed by atoms with Crippen LogP contribution in [-0.4, -0.2) is 58.1 Å². The maximum atomic E-state index is 12.9. The largest absolute Gasteiger partial charge is 0.334 e. The first-order valence-electron chi connectivity index (χ1n) is 7.79. The van der Waals surface area contributed by atoms with Gasteiger partial charge < -0.3 is 4.90 Å². The predicted octanol–water partition coefficient (Wildman–Crippen LogP) is 3.00. The van der Waals surface area contributed by atoms with E-state index in [9.17, 15) is 4.79 Å². The molecule has 5 nitrogen and oxygen atoms in total. The highest BCUT2D eigenvalue weighted by Crippen LogP contribution is 2.30. The van der Waals surface area contributed by atoms with Crippen molar-refractivity contribution in [1.29, 1.82) is 0 Å². The second kappa shape index (κ2) is 6.45. The summed E-state index contributed by atoms with van der Waals surface area (Å²) in [4.78, 5) is 17.1. The molecule has 0 saturated carbocycles. The van der Waals surface area contributed by atoms with E-state index in [1.807, 2.05) is 35.2 Å². The van der Waals surface area contributed by atoms with E-state index in [2.05, 4.69) is 51.9 Å². The molecule has 3 rings (SSSR count). The average molecular weight is 377 g/mol. The number of piperazine rings is 1. The minimum atomic E-state index is -0.00152. The van der Waals surface area contributed by atoms with E-state index in [0.717, 1.165) is 28.8 Å². The quantitative estimate of drug-likeness (QED) is 0.876. The Kier molecular flexibility index (Phi) is 4.55. The second-order valence-corrected chi connectivity index (χ2v) is 6.99. The van der Waals surface area contributed by atoms with Gasteiger partial charge in [0.2, 0.25) is 0 Å². The molecule has 0 radical (unpaired) electrons. The number of hydrogen-bond donors (Lipinski definition) is 1. The van der Waals surface area contributed by atoms with Gasteiger partial charge in [0.25, 0.3) is 5.91 Å². The van der Waals surface area contributed by atoms with Gasteiger partial charge in [-0.05, 0) is 36.8 Å². The van der Waals surface area contributed by atoms with Crippen molar-refractivity contribution in [1.82, 2.24) is 20.0 Å². The number of hydrogen-bond acceptors (Lipinski definition) is 3. The van der Waals surface area contributed by atoms with Crippen LogP contribution in [0.2, 0.25) is 0 Å². The molecule has 1 saturated heterocycles. The van der Waals surface area contributed by atoms with Crippen LogP contribution in [0, 0.1) is 0 Å². The van der Waals surface area contributed by atoms with Crippen molar-refractivity contribution in [2.45, 2.75) is 25.9 Å². The highest BCUT2D eigenvalue weighted by atomic mass is 79.9. The number of halogens is 1. The smallest absolute Gasteiger partial charge is 0.273 e. The molecule has 2 heterocycles. The lowest BCUT2D eigenvalue weighted by molar-refractivity contribution is 0.0408. The molecule has 6 heteroatoms. The van der Waals surface area contributed by atoms with Gasteiger partial charge in [0, 0.05) is 30.7 Å². The number of rotatable bonds is 2. The lowest BCUT2D eigenvalue weighted by Gasteiger charge is -2.42. The number of nitrogens with zero attached hydrogens (tertiary/aromatic N) is 3. The van der Waals surface area contributed by atoms with Gasteiger partial charge in [-0.25, -0.2) is 0 Å². The fourth-order valence-electron chi connectivity index (χ4n) is 2.99. The lowest BCUT2D eigenvalue weighted by atomic mass is 10.1. The fourth-order valence-corrected chi connectivity index (χ4v) is 3.56. The number of nitrogens with one attached hydrogen (secondary N) is 1. The summed E-state index contributed by atoms with van der Waals surface area (Å²) < 4.78 is 0.730. The maximum Gasteiger partial charge on any atom is 0.273 e. The average Bonchev–Trinajstić information content (AvgIpc) is 2.94. The third kappa shape index (κ3) is 3.05. The molecular weight excluding hydrogens is 356 g/mol. The van der Waals surface area contributed by atoms with Gasteiger partial charge in [0.1, 0.15) is 11.4 Å². The summed E-state index contributed by atoms with van der Waals surface area (Å²) >= 11 is 3.55. The normalized spacial score (nSPS) is 22.3. The zero-order chi connectivity index (χ0) is 16.6. The molecule has 2 aromatic rings. The fraction of sp³-hybridized carbons (Fsp3) is 0.412. The van der Waals surface area contributed by atoms with Crippen LogP contribution in [0.15, 0.2) is 34.8 Å². The molecule has 1 aromatic heterocycles. The molecule has 1 N–H and O–H groups in total. The van der Waals surface area contributed by atoms with Crippen LogP contribution in [0.25, 0.3) is 11.3 Å². The summed E-state index contributed by atoms with van der Waals surface area (Å²) in [5.74, 6) is -0.00152. The van der Waals surface area contributed by atoms with Gasteiger partial charge in [-0.3, -0.25) is 14.8 Å². The number of aromatic nitrogens is 2. The Hall–Kier alpha value is -1.66. The molecule has 0 bridgehead atoms. The third-order valence-corrected chi connectivity index (χ3v) is 5.39. The number of H-pyrrole nitrogens is 1. The predicted molar refractivity (Wildman–Crippen MR) is 94.3 cm³/mol. The molecule has 1 aliphatic rings. The second-order valence-electron chi connectivity index (χ2n) is 6.20. The van der Waals surface area contributed by atoms with Gasteiger partial charge in [0.15, 0.2) is 0 Å². The highest BCUT2D eigenvalue weighted by Gasteiger charge is 2.31. The van der Waals surface area contributed by atoms with Crippen molar-refractivity contribution in [3.05, 3.63) is 40.5 Å². The van der Waals surface area contributed by atoms with E-state index in [4.69, 9.17) is 0 Å². The van der Waals surface area contributed by atoms with E-state index < -0.39 is 0 Å². The first-order chi connectivity index (χ1) is 11.0. The van der Waals surface area contributed by atoms with E-state index in [-0.39, 0.29) is 5.91 Å². The number of carbonyl (C=O) groups is 1. The zero-order valence-electron chi connectivity index (χ0n) is 13.6. The summed E-state index contributed by atoms with van der Waals surface area (Å²) in [5.41, 5.74) is 2.27. The Labute approximate surface area is 144 Å². The van der Waals surface area contributed by atoms with E-state index in [1.165, 1.54) is 0 Å². The van der Waals surface area contributed by atoms with Crippen LogP contribution >= 0.6 is 15.9 Å². The van der Waals surface area contributed by atoms with Crippen molar-refractivity contribution in [3.8, 4) is 11.3 Å². The van der Waals surface area contributed by atoms with Gasteiger partial charge >= 0.3 is 0 Å². The van der Waals surface area contributed by atoms with Gasteiger partial charge in [-0.15, -0.1) is 0 Å². The van der Waals surface area contributed by atoms with Crippen molar-refractivity contribution in [3.63, 3.8) is 0 Å². The Morgan fingerprint density at radius 3 is 2.43 bits per heavy atom. The molecule has 0 unspecified atom stereocenters. The van der Waals surface area contributed by atoms with Crippen LogP contribution in [0.1, 0.15) is 24.3 Å². The topological polar surface area (TPSA) is 52.2 Å². The molecule has 2 atom stereocenters. The van der Waals surface area contributed by atoms with Gasteiger partial charge in [-0.1, -0.05) is 30.3 Å². The van der Waals surface area contributed by atoms with Crippen molar-refractivity contribution in [2.24, 2.45) is 0 Å². The molecule has 1 aliphatic heterocycles. The minimum absolute atomic E-state index is 0.00152. The van der Waals surface area contributed by atoms with Gasteiger partial charge in [-0.2, -0.15) is 5.10 Å². The number of benzene rings is 1. The Morgan fingerprint density at radius 2 is 1.83 bits per heavy atom. The Balaban J connectivity index is 1.85. The van der Waals surface area contributed by atoms with Crippen molar-refractivity contribution in [2.75, 3.05) is 20.1 Å². The third-order valence-electron chi connectivity index (χ3n) is 4.61. The molecule has 1 amide bonds. The molecule has 122 valence electrons. The summed E-state index contributed by atoms with van der Waals surface area (Å²) in [5, 5.41) is 7.23. The molecule has 1 aromatic carbocycles. The van der Waals surface area contributed by atoms with E-state index in [0.29, 0.717) is 17.8 Å². The summed E-state index contributed by atoms with van der Waals surface area (Å²) in [6, 6.07) is 10.5. The monoisotopic (exact) mass is 376 g/mol. The van der Waals surface area contributed by atoms with Crippen LogP contribution in [0.3, 0.4) is 0 Å². The Morgan fingerprint density at radius 1 is 1.22 bits per heavy atom. The summed E-state index contributed by atoms with van der Waals surface area (Å²) in [7, 11) is 2.11. The molecule has 23 heavy (non-hydrogen) atoms. The Bertz CT molecular complexity index is 688. The zero-order valence-corrected chi connectivity index (χ0v) is 15.2. The van der Waals surface area contributed by atoms with E-state index in [1.54, 1.807) is 0 Å². The van der Waals surface area contributed by atoms with Gasteiger partial charge in [0.05, 0.1) is 4.47 Å². The number of carbonyl (C=O) groups excluding carboxylic acids is 1. The van der Waals surface area contributed by atoms with Crippen molar-refractivity contribution < 1.29 is 4.79 Å². The van der Waals surface area contributed by atoms with Crippen LogP contribution < -0.4 is 0 Å². The SMILES string of the molecule is C[C@@H]1CN(C(=O)c2[nH]nc(-c3ccccc3)c2Br)C[C@H](C)N1C. The maximum absolute atomic E-state index is 12.9. The van der Waals surface area contributed by atoms with Crippen LogP contribution in [-0.2, 0) is 0 Å². The standard InChI is InChI=1S/C17H21BrN4O/c1-11-9-22(10-12(2)21(11)3)17(23)16-14(18)15(19-20-16)13-7-5-4-6-8-13/h4-8,11-12H,9-10H2,1-3H3,(H,19,20)/t11-,12+. The van der Waals surface area contributed by atoms with E-state index >= 15 is 0 Å².